The Kier molecular flexibility index (Phi) is 4.53. The molecule has 0 aromatic heterocycles. The number of rotatable bonds is 4. The Morgan fingerprint density at radius 2 is 2.08 bits per heavy atom. The number of benzene rings is 1. The molecular formula is C21H27NO3. The minimum Gasteiger partial charge on any atom is -0.453 e. The zero-order valence-corrected chi connectivity index (χ0v) is 14.9. The summed E-state index contributed by atoms with van der Waals surface area (Å²) >= 11 is 0. The second-order valence-electron chi connectivity index (χ2n) is 7.99. The van der Waals surface area contributed by atoms with Gasteiger partial charge in [-0.2, -0.15) is 0 Å². The highest BCUT2D eigenvalue weighted by molar-refractivity contribution is 5.98. The van der Waals surface area contributed by atoms with Crippen LogP contribution < -0.4 is 4.90 Å². The lowest BCUT2D eigenvalue weighted by Crippen LogP contribution is -2.43. The molecule has 25 heavy (non-hydrogen) atoms. The summed E-state index contributed by atoms with van der Waals surface area (Å²) in [6.45, 7) is 2.41. The molecule has 134 valence electrons. The van der Waals surface area contributed by atoms with Gasteiger partial charge in [0.1, 0.15) is 0 Å². The Hall–Kier alpha value is -1.84. The molecule has 0 N–H and O–H groups in total. The molecule has 4 heteroatoms. The standard InChI is InChI=1S/C21H27NO3/c1-14(25-20(23)13-18-12-15-8-9-17(18)11-15)21(24)22-10-4-6-16-5-2-3-7-19(16)22/h2-3,5,7,14-15,17-18H,4,6,8-13H2,1H3/t14-,15+,17+,18+/m1/s1. The minimum absolute atomic E-state index is 0.103. The van der Waals surface area contributed by atoms with Crippen LogP contribution in [0.4, 0.5) is 5.69 Å². The van der Waals surface area contributed by atoms with Crippen LogP contribution in [0.3, 0.4) is 0 Å². The van der Waals surface area contributed by atoms with Crippen molar-refractivity contribution in [2.24, 2.45) is 17.8 Å². The molecule has 1 amide bonds. The van der Waals surface area contributed by atoms with E-state index in [1.807, 2.05) is 18.2 Å². The fourth-order valence-electron chi connectivity index (χ4n) is 5.12. The van der Waals surface area contributed by atoms with Crippen LogP contribution >= 0.6 is 0 Å². The summed E-state index contributed by atoms with van der Waals surface area (Å²) in [5.74, 6) is 1.70. The number of ether oxygens (including phenoxy) is 1. The van der Waals surface area contributed by atoms with E-state index in [0.29, 0.717) is 24.8 Å². The predicted octanol–water partition coefficient (Wildman–Crippen LogP) is 3.72. The predicted molar refractivity (Wildman–Crippen MR) is 96.2 cm³/mol. The number of para-hydroxylation sites is 1. The summed E-state index contributed by atoms with van der Waals surface area (Å²) < 4.78 is 5.52. The fourth-order valence-corrected chi connectivity index (χ4v) is 5.12. The Morgan fingerprint density at radius 1 is 1.24 bits per heavy atom. The third-order valence-electron chi connectivity index (χ3n) is 6.35. The number of esters is 1. The quantitative estimate of drug-likeness (QED) is 0.784. The van der Waals surface area contributed by atoms with Crippen molar-refractivity contribution in [3.05, 3.63) is 29.8 Å². The molecule has 2 bridgehead atoms. The second-order valence-corrected chi connectivity index (χ2v) is 7.99. The summed E-state index contributed by atoms with van der Waals surface area (Å²) in [6.07, 6.45) is 6.78. The lowest BCUT2D eigenvalue weighted by Gasteiger charge is -2.31. The van der Waals surface area contributed by atoms with Gasteiger partial charge in [-0.05, 0) is 68.4 Å². The van der Waals surface area contributed by atoms with Gasteiger partial charge < -0.3 is 9.64 Å². The summed E-state index contributed by atoms with van der Waals surface area (Å²) in [5, 5.41) is 0. The van der Waals surface area contributed by atoms with Crippen molar-refractivity contribution < 1.29 is 14.3 Å². The topological polar surface area (TPSA) is 46.6 Å². The van der Waals surface area contributed by atoms with E-state index in [1.54, 1.807) is 11.8 Å². The van der Waals surface area contributed by atoms with Crippen molar-refractivity contribution in [3.63, 3.8) is 0 Å². The maximum atomic E-state index is 12.8. The Labute approximate surface area is 149 Å². The molecule has 3 aliphatic rings. The molecule has 0 radical (unpaired) electrons. The first-order chi connectivity index (χ1) is 12.1. The van der Waals surface area contributed by atoms with Crippen LogP contribution in [0.25, 0.3) is 0 Å². The molecule has 0 unspecified atom stereocenters. The summed E-state index contributed by atoms with van der Waals surface area (Å²) in [4.78, 5) is 26.9. The number of fused-ring (bicyclic) bond motifs is 3. The first-order valence-electron chi connectivity index (χ1n) is 9.70. The van der Waals surface area contributed by atoms with Gasteiger partial charge in [0.15, 0.2) is 6.10 Å². The Bertz CT molecular complexity index is 671. The number of aryl methyl sites for hydroxylation is 1. The zero-order chi connectivity index (χ0) is 17.4. The summed E-state index contributed by atoms with van der Waals surface area (Å²) in [5.41, 5.74) is 2.16. The van der Waals surface area contributed by atoms with Crippen LogP contribution in [-0.2, 0) is 20.7 Å². The second kappa shape index (κ2) is 6.81. The van der Waals surface area contributed by atoms with Gasteiger partial charge in [0.25, 0.3) is 5.91 Å². The molecule has 4 atom stereocenters. The minimum atomic E-state index is -0.711. The fraction of sp³-hybridized carbons (Fsp3) is 0.619. The van der Waals surface area contributed by atoms with Crippen molar-refractivity contribution in [1.29, 1.82) is 0 Å². The number of amides is 1. The molecule has 1 aromatic carbocycles. The lowest BCUT2D eigenvalue weighted by molar-refractivity contribution is -0.155. The Balaban J connectivity index is 1.35. The van der Waals surface area contributed by atoms with E-state index in [0.717, 1.165) is 24.4 Å². The number of anilines is 1. The number of hydrogen-bond acceptors (Lipinski definition) is 3. The van der Waals surface area contributed by atoms with Gasteiger partial charge in [0, 0.05) is 18.7 Å². The highest BCUT2D eigenvalue weighted by Gasteiger charge is 2.40. The molecule has 0 spiro atoms. The molecule has 4 nitrogen and oxygen atoms in total. The van der Waals surface area contributed by atoms with E-state index in [2.05, 4.69) is 6.07 Å². The van der Waals surface area contributed by atoms with E-state index in [1.165, 1.54) is 31.2 Å². The van der Waals surface area contributed by atoms with Gasteiger partial charge in [-0.3, -0.25) is 9.59 Å². The van der Waals surface area contributed by atoms with Crippen LogP contribution in [0.5, 0.6) is 0 Å². The van der Waals surface area contributed by atoms with Crippen molar-refractivity contribution in [2.75, 3.05) is 11.4 Å². The van der Waals surface area contributed by atoms with Gasteiger partial charge in [-0.15, -0.1) is 0 Å². The van der Waals surface area contributed by atoms with Crippen LogP contribution in [0.1, 0.15) is 51.0 Å². The van der Waals surface area contributed by atoms with Crippen molar-refractivity contribution >= 4 is 17.6 Å². The highest BCUT2D eigenvalue weighted by Crippen LogP contribution is 2.49. The molecule has 2 saturated carbocycles. The molecule has 1 heterocycles. The molecule has 2 fully saturated rings. The van der Waals surface area contributed by atoms with Crippen molar-refractivity contribution in [1.82, 2.24) is 0 Å². The van der Waals surface area contributed by atoms with Crippen LogP contribution in [0.15, 0.2) is 24.3 Å². The van der Waals surface area contributed by atoms with Gasteiger partial charge >= 0.3 is 5.97 Å². The third kappa shape index (κ3) is 3.31. The monoisotopic (exact) mass is 341 g/mol. The molecule has 2 aliphatic carbocycles. The van der Waals surface area contributed by atoms with E-state index < -0.39 is 6.10 Å². The maximum absolute atomic E-state index is 12.8. The summed E-state index contributed by atoms with van der Waals surface area (Å²) in [7, 11) is 0. The largest absolute Gasteiger partial charge is 0.453 e. The molecule has 4 rings (SSSR count). The first kappa shape index (κ1) is 16.6. The van der Waals surface area contributed by atoms with Crippen molar-refractivity contribution in [2.45, 2.75) is 58.0 Å². The van der Waals surface area contributed by atoms with E-state index >= 15 is 0 Å². The zero-order valence-electron chi connectivity index (χ0n) is 14.9. The van der Waals surface area contributed by atoms with Gasteiger partial charge in [-0.1, -0.05) is 24.6 Å². The van der Waals surface area contributed by atoms with Gasteiger partial charge in [0.2, 0.25) is 0 Å². The lowest BCUT2D eigenvalue weighted by atomic mass is 9.86. The number of carbonyl (C=O) groups is 2. The van der Waals surface area contributed by atoms with Crippen LogP contribution in [-0.4, -0.2) is 24.5 Å². The van der Waals surface area contributed by atoms with E-state index in [-0.39, 0.29) is 11.9 Å². The number of carbonyl (C=O) groups excluding carboxylic acids is 2. The maximum Gasteiger partial charge on any atom is 0.306 e. The smallest absolute Gasteiger partial charge is 0.306 e. The van der Waals surface area contributed by atoms with Crippen LogP contribution in [0.2, 0.25) is 0 Å². The van der Waals surface area contributed by atoms with E-state index in [4.69, 9.17) is 4.74 Å². The average Bonchev–Trinajstić information content (AvgIpc) is 3.23. The molecular weight excluding hydrogens is 314 g/mol. The Morgan fingerprint density at radius 3 is 2.84 bits per heavy atom. The van der Waals surface area contributed by atoms with E-state index in [9.17, 15) is 9.59 Å². The molecule has 1 aliphatic heterocycles. The molecule has 1 aromatic rings. The normalized spacial score (nSPS) is 28.5. The highest BCUT2D eigenvalue weighted by atomic mass is 16.5. The SMILES string of the molecule is C[C@@H](OC(=O)C[C@@H]1C[C@H]2CC[C@H]1C2)C(=O)N1CCCc2ccccc21. The number of nitrogens with zero attached hydrogens (tertiary/aromatic N) is 1. The first-order valence-corrected chi connectivity index (χ1v) is 9.70. The third-order valence-corrected chi connectivity index (χ3v) is 6.35. The van der Waals surface area contributed by atoms with Gasteiger partial charge in [0.05, 0.1) is 0 Å². The summed E-state index contributed by atoms with van der Waals surface area (Å²) in [6, 6.07) is 8.01. The van der Waals surface area contributed by atoms with Crippen molar-refractivity contribution in [3.8, 4) is 0 Å². The van der Waals surface area contributed by atoms with Crippen LogP contribution in [0, 0.1) is 17.8 Å². The average molecular weight is 341 g/mol. The number of hydrogen-bond donors (Lipinski definition) is 0. The molecule has 0 saturated heterocycles. The van der Waals surface area contributed by atoms with Gasteiger partial charge in [-0.25, -0.2) is 0 Å².